The molecule has 4 heteroatoms. The third kappa shape index (κ3) is 2.34. The number of benzene rings is 3. The SMILES string of the molecule is O=c1oc2ccccc2c(O)c1C=Nc1cccc2ccccc12. The summed E-state index contributed by atoms with van der Waals surface area (Å²) in [5, 5.41) is 12.9. The Morgan fingerprint density at radius 1 is 0.875 bits per heavy atom. The Hall–Kier alpha value is -3.40. The van der Waals surface area contributed by atoms with Gasteiger partial charge in [0.15, 0.2) is 0 Å². The van der Waals surface area contributed by atoms with E-state index in [1.54, 1.807) is 24.3 Å². The molecule has 0 unspecified atom stereocenters. The van der Waals surface area contributed by atoms with Gasteiger partial charge in [0.2, 0.25) is 0 Å². The van der Waals surface area contributed by atoms with Gasteiger partial charge in [0.1, 0.15) is 16.9 Å². The molecule has 4 rings (SSSR count). The molecule has 1 aromatic heterocycles. The van der Waals surface area contributed by atoms with Crippen LogP contribution in [-0.2, 0) is 0 Å². The van der Waals surface area contributed by atoms with E-state index in [4.69, 9.17) is 4.42 Å². The first-order valence-electron chi connectivity index (χ1n) is 7.51. The Morgan fingerprint density at radius 2 is 1.58 bits per heavy atom. The summed E-state index contributed by atoms with van der Waals surface area (Å²) in [4.78, 5) is 16.5. The summed E-state index contributed by atoms with van der Waals surface area (Å²) in [5.41, 5.74) is 0.499. The molecule has 0 radical (unpaired) electrons. The minimum atomic E-state index is -0.616. The summed E-state index contributed by atoms with van der Waals surface area (Å²) < 4.78 is 5.24. The van der Waals surface area contributed by atoms with E-state index in [9.17, 15) is 9.90 Å². The zero-order valence-electron chi connectivity index (χ0n) is 12.6. The molecule has 1 N–H and O–H groups in total. The number of nitrogens with zero attached hydrogens (tertiary/aromatic N) is 1. The van der Waals surface area contributed by atoms with Crippen molar-refractivity contribution < 1.29 is 9.52 Å². The predicted molar refractivity (Wildman–Crippen MR) is 95.4 cm³/mol. The molecule has 0 saturated heterocycles. The lowest BCUT2D eigenvalue weighted by atomic mass is 10.1. The fourth-order valence-corrected chi connectivity index (χ4v) is 2.72. The quantitative estimate of drug-likeness (QED) is 0.440. The highest BCUT2D eigenvalue weighted by Gasteiger charge is 2.11. The normalized spacial score (nSPS) is 11.5. The largest absolute Gasteiger partial charge is 0.506 e. The van der Waals surface area contributed by atoms with Crippen LogP contribution in [0.25, 0.3) is 21.7 Å². The molecule has 4 aromatic rings. The van der Waals surface area contributed by atoms with Gasteiger partial charge < -0.3 is 9.52 Å². The second-order valence-electron chi connectivity index (χ2n) is 5.40. The predicted octanol–water partition coefficient (Wildman–Crippen LogP) is 4.40. The van der Waals surface area contributed by atoms with Crippen molar-refractivity contribution in [2.75, 3.05) is 0 Å². The van der Waals surface area contributed by atoms with Crippen molar-refractivity contribution in [1.82, 2.24) is 0 Å². The van der Waals surface area contributed by atoms with E-state index in [-0.39, 0.29) is 11.3 Å². The topological polar surface area (TPSA) is 62.8 Å². The molecule has 0 aliphatic heterocycles. The van der Waals surface area contributed by atoms with Gasteiger partial charge in [-0.25, -0.2) is 4.79 Å². The highest BCUT2D eigenvalue weighted by Crippen LogP contribution is 2.28. The monoisotopic (exact) mass is 315 g/mol. The van der Waals surface area contributed by atoms with Crippen LogP contribution in [0.5, 0.6) is 5.75 Å². The van der Waals surface area contributed by atoms with Crippen molar-refractivity contribution in [2.24, 2.45) is 4.99 Å². The van der Waals surface area contributed by atoms with Crippen molar-refractivity contribution in [3.05, 3.63) is 82.7 Å². The number of rotatable bonds is 2. The molecule has 0 aliphatic carbocycles. The Labute approximate surface area is 137 Å². The average molecular weight is 315 g/mol. The molecule has 0 amide bonds. The first-order valence-corrected chi connectivity index (χ1v) is 7.51. The van der Waals surface area contributed by atoms with Gasteiger partial charge >= 0.3 is 5.63 Å². The van der Waals surface area contributed by atoms with E-state index in [1.165, 1.54) is 6.21 Å². The molecule has 0 fully saturated rings. The van der Waals surface area contributed by atoms with Crippen LogP contribution in [0.2, 0.25) is 0 Å². The zero-order chi connectivity index (χ0) is 16.5. The number of fused-ring (bicyclic) bond motifs is 2. The lowest BCUT2D eigenvalue weighted by Gasteiger charge is -2.03. The second kappa shape index (κ2) is 5.66. The maximum absolute atomic E-state index is 12.1. The van der Waals surface area contributed by atoms with Crippen molar-refractivity contribution in [3.63, 3.8) is 0 Å². The summed E-state index contributed by atoms with van der Waals surface area (Å²) >= 11 is 0. The average Bonchev–Trinajstić information content (AvgIpc) is 2.61. The third-order valence-corrected chi connectivity index (χ3v) is 3.92. The van der Waals surface area contributed by atoms with Gasteiger partial charge in [-0.15, -0.1) is 0 Å². The van der Waals surface area contributed by atoms with Crippen LogP contribution < -0.4 is 5.63 Å². The number of hydrogen-bond donors (Lipinski definition) is 1. The van der Waals surface area contributed by atoms with Gasteiger partial charge in [-0.2, -0.15) is 0 Å². The van der Waals surface area contributed by atoms with Crippen molar-refractivity contribution in [3.8, 4) is 5.75 Å². The molecular weight excluding hydrogens is 302 g/mol. The van der Waals surface area contributed by atoms with E-state index in [0.717, 1.165) is 16.5 Å². The smallest absolute Gasteiger partial charge is 0.348 e. The number of para-hydroxylation sites is 1. The Balaban J connectivity index is 1.87. The van der Waals surface area contributed by atoms with E-state index >= 15 is 0 Å². The lowest BCUT2D eigenvalue weighted by Crippen LogP contribution is -2.06. The first kappa shape index (κ1) is 14.2. The van der Waals surface area contributed by atoms with E-state index in [1.807, 2.05) is 42.5 Å². The molecular formula is C20H13NO3. The van der Waals surface area contributed by atoms with E-state index in [0.29, 0.717) is 11.0 Å². The molecule has 24 heavy (non-hydrogen) atoms. The first-order chi connectivity index (χ1) is 11.7. The lowest BCUT2D eigenvalue weighted by molar-refractivity contribution is 0.466. The van der Waals surface area contributed by atoms with Gasteiger partial charge in [-0.3, -0.25) is 4.99 Å². The molecule has 4 nitrogen and oxygen atoms in total. The molecule has 0 bridgehead atoms. The summed E-state index contributed by atoms with van der Waals surface area (Å²) in [7, 11) is 0. The number of aliphatic imine (C=N–C) groups is 1. The molecule has 0 atom stereocenters. The molecule has 1 heterocycles. The minimum Gasteiger partial charge on any atom is -0.506 e. The Kier molecular flexibility index (Phi) is 3.35. The van der Waals surface area contributed by atoms with Gasteiger partial charge in [0.25, 0.3) is 0 Å². The standard InChI is InChI=1S/C20H13NO3/c22-19-15-9-3-4-11-18(15)24-20(23)16(19)12-21-17-10-5-7-13-6-1-2-8-14(13)17/h1-12,22H. The Bertz CT molecular complexity index is 1140. The molecule has 0 aliphatic rings. The molecule has 0 spiro atoms. The van der Waals surface area contributed by atoms with E-state index in [2.05, 4.69) is 4.99 Å². The van der Waals surface area contributed by atoms with Crippen LogP contribution in [-0.4, -0.2) is 11.3 Å². The number of hydrogen-bond acceptors (Lipinski definition) is 4. The van der Waals surface area contributed by atoms with Gasteiger partial charge in [-0.1, -0.05) is 48.5 Å². The van der Waals surface area contributed by atoms with Crippen LogP contribution in [0.4, 0.5) is 5.69 Å². The van der Waals surface area contributed by atoms with Crippen molar-refractivity contribution in [2.45, 2.75) is 0 Å². The minimum absolute atomic E-state index is 0.0432. The molecule has 0 saturated carbocycles. The van der Waals surface area contributed by atoms with Crippen LogP contribution in [0.15, 0.2) is 80.9 Å². The molecule has 116 valence electrons. The fraction of sp³-hybridized carbons (Fsp3) is 0. The summed E-state index contributed by atoms with van der Waals surface area (Å²) in [6.07, 6.45) is 1.36. The second-order valence-corrected chi connectivity index (χ2v) is 5.40. The van der Waals surface area contributed by atoms with Gasteiger partial charge in [-0.05, 0) is 23.6 Å². The maximum atomic E-state index is 12.1. The van der Waals surface area contributed by atoms with Crippen molar-refractivity contribution in [1.29, 1.82) is 0 Å². The van der Waals surface area contributed by atoms with Gasteiger partial charge in [0.05, 0.1) is 11.1 Å². The third-order valence-electron chi connectivity index (χ3n) is 3.92. The fourth-order valence-electron chi connectivity index (χ4n) is 2.72. The van der Waals surface area contributed by atoms with Gasteiger partial charge in [0, 0.05) is 11.6 Å². The maximum Gasteiger partial charge on any atom is 0.348 e. The van der Waals surface area contributed by atoms with Crippen LogP contribution >= 0.6 is 0 Å². The van der Waals surface area contributed by atoms with E-state index < -0.39 is 5.63 Å². The summed E-state index contributed by atoms with van der Waals surface area (Å²) in [6, 6.07) is 20.5. The van der Waals surface area contributed by atoms with Crippen molar-refractivity contribution >= 4 is 33.6 Å². The molecule has 3 aromatic carbocycles. The zero-order valence-corrected chi connectivity index (χ0v) is 12.6. The van der Waals surface area contributed by atoms with Crippen LogP contribution in [0, 0.1) is 0 Å². The highest BCUT2D eigenvalue weighted by atomic mass is 16.4. The summed E-state index contributed by atoms with van der Waals surface area (Å²) in [5.74, 6) is -0.120. The summed E-state index contributed by atoms with van der Waals surface area (Å²) in [6.45, 7) is 0. The number of aromatic hydroxyl groups is 1. The van der Waals surface area contributed by atoms with Crippen LogP contribution in [0.3, 0.4) is 0 Å². The van der Waals surface area contributed by atoms with Crippen LogP contribution in [0.1, 0.15) is 5.56 Å². The Morgan fingerprint density at radius 3 is 2.46 bits per heavy atom. The highest BCUT2D eigenvalue weighted by molar-refractivity contribution is 5.98.